The fourth-order valence-electron chi connectivity index (χ4n) is 2.64. The number of hydrogen-bond donors (Lipinski definition) is 3. The van der Waals surface area contributed by atoms with Crippen LogP contribution in [-0.4, -0.2) is 24.7 Å². The zero-order valence-corrected chi connectivity index (χ0v) is 12.3. The monoisotopic (exact) mass is 286 g/mol. The van der Waals surface area contributed by atoms with Gasteiger partial charge in [-0.05, 0) is 18.3 Å². The molecule has 0 aromatic carbocycles. The van der Waals surface area contributed by atoms with Crippen molar-refractivity contribution in [2.45, 2.75) is 57.1 Å². The van der Waals surface area contributed by atoms with Gasteiger partial charge in [0, 0.05) is 18.2 Å². The van der Waals surface area contributed by atoms with Gasteiger partial charge < -0.3 is 5.73 Å². The average molecular weight is 286 g/mol. The summed E-state index contributed by atoms with van der Waals surface area (Å²) in [6, 6.07) is -0.0415. The highest BCUT2D eigenvalue weighted by molar-refractivity contribution is 7.89. The molecule has 1 atom stereocenters. The summed E-state index contributed by atoms with van der Waals surface area (Å²) in [4.78, 5) is 0. The zero-order valence-electron chi connectivity index (χ0n) is 11.4. The van der Waals surface area contributed by atoms with Crippen LogP contribution in [0.1, 0.15) is 45.1 Å². The molecule has 108 valence electrons. The minimum atomic E-state index is -3.58. The van der Waals surface area contributed by atoms with Gasteiger partial charge in [-0.2, -0.15) is 5.10 Å². The van der Waals surface area contributed by atoms with Gasteiger partial charge in [0.1, 0.15) is 0 Å². The lowest BCUT2D eigenvalue weighted by atomic mass is 9.74. The van der Waals surface area contributed by atoms with Gasteiger partial charge in [0.2, 0.25) is 0 Å². The van der Waals surface area contributed by atoms with Crippen LogP contribution in [0, 0.1) is 5.41 Å². The van der Waals surface area contributed by atoms with Crippen LogP contribution in [0.4, 0.5) is 0 Å². The maximum Gasteiger partial charge on any atom is 0.258 e. The van der Waals surface area contributed by atoms with Crippen molar-refractivity contribution in [2.75, 3.05) is 0 Å². The molecule has 1 heterocycles. The molecule has 1 aliphatic rings. The molecule has 0 aliphatic heterocycles. The van der Waals surface area contributed by atoms with Crippen LogP contribution < -0.4 is 10.5 Å². The van der Waals surface area contributed by atoms with Gasteiger partial charge >= 0.3 is 0 Å². The highest BCUT2D eigenvalue weighted by Crippen LogP contribution is 2.36. The van der Waals surface area contributed by atoms with E-state index in [4.69, 9.17) is 5.73 Å². The normalized spacial score (nSPS) is 23.4. The summed E-state index contributed by atoms with van der Waals surface area (Å²) in [6.07, 6.45) is 5.58. The van der Waals surface area contributed by atoms with E-state index in [1.165, 1.54) is 6.20 Å². The van der Waals surface area contributed by atoms with Crippen LogP contribution in [0.15, 0.2) is 11.2 Å². The molecule has 0 spiro atoms. The van der Waals surface area contributed by atoms with Crippen LogP contribution >= 0.6 is 0 Å². The number of H-pyrrole nitrogens is 1. The Morgan fingerprint density at radius 1 is 1.53 bits per heavy atom. The predicted molar refractivity (Wildman–Crippen MR) is 72.8 cm³/mol. The molecule has 6 nitrogen and oxygen atoms in total. The number of hydrogen-bond acceptors (Lipinski definition) is 4. The van der Waals surface area contributed by atoms with Crippen molar-refractivity contribution in [2.24, 2.45) is 11.1 Å². The van der Waals surface area contributed by atoms with Gasteiger partial charge in [-0.3, -0.25) is 5.10 Å². The van der Waals surface area contributed by atoms with Crippen molar-refractivity contribution < 1.29 is 8.42 Å². The lowest BCUT2D eigenvalue weighted by Crippen LogP contribution is -2.47. The molecule has 0 saturated heterocycles. The van der Waals surface area contributed by atoms with Gasteiger partial charge in [0.05, 0.1) is 6.20 Å². The standard InChI is InChI=1S/C12H22N4O2S/c1-12(2)6-4-3-5-10(12)16-19(17,18)11-9(7-13)8-14-15-11/h8,10,16H,3-7,13H2,1-2H3,(H,14,15). The zero-order chi connectivity index (χ0) is 14.1. The van der Waals surface area contributed by atoms with Gasteiger partial charge in [0.25, 0.3) is 10.0 Å². The second-order valence-electron chi connectivity index (χ2n) is 5.84. The number of nitrogens with one attached hydrogen (secondary N) is 2. The number of nitrogens with two attached hydrogens (primary N) is 1. The van der Waals surface area contributed by atoms with E-state index < -0.39 is 10.0 Å². The van der Waals surface area contributed by atoms with Crippen molar-refractivity contribution in [3.8, 4) is 0 Å². The van der Waals surface area contributed by atoms with E-state index in [9.17, 15) is 8.42 Å². The van der Waals surface area contributed by atoms with E-state index in [2.05, 4.69) is 28.8 Å². The van der Waals surface area contributed by atoms with Crippen molar-refractivity contribution in [3.05, 3.63) is 11.8 Å². The summed E-state index contributed by atoms with van der Waals surface area (Å²) in [6.45, 7) is 4.37. The maximum atomic E-state index is 12.4. The molecule has 4 N–H and O–H groups in total. The first kappa shape index (κ1) is 14.5. The van der Waals surface area contributed by atoms with Gasteiger partial charge in [0.15, 0.2) is 5.03 Å². The highest BCUT2D eigenvalue weighted by Gasteiger charge is 2.36. The third-order valence-corrected chi connectivity index (χ3v) is 5.46. The van der Waals surface area contributed by atoms with Crippen LogP contribution in [0.5, 0.6) is 0 Å². The first-order chi connectivity index (χ1) is 8.87. The summed E-state index contributed by atoms with van der Waals surface area (Å²) in [5, 5.41) is 6.39. The van der Waals surface area contributed by atoms with Crippen molar-refractivity contribution in [1.82, 2.24) is 14.9 Å². The molecule has 1 saturated carbocycles. The Morgan fingerprint density at radius 3 is 2.89 bits per heavy atom. The third-order valence-electron chi connectivity index (χ3n) is 3.97. The number of nitrogens with zero attached hydrogens (tertiary/aromatic N) is 1. The van der Waals surface area contributed by atoms with E-state index in [0.717, 1.165) is 25.7 Å². The lowest BCUT2D eigenvalue weighted by Gasteiger charge is -2.38. The molecular weight excluding hydrogens is 264 g/mol. The Hall–Kier alpha value is -0.920. The lowest BCUT2D eigenvalue weighted by molar-refractivity contribution is 0.188. The molecule has 1 unspecified atom stereocenters. The van der Waals surface area contributed by atoms with Crippen molar-refractivity contribution in [3.63, 3.8) is 0 Å². The molecule has 0 amide bonds. The summed E-state index contributed by atoms with van der Waals surface area (Å²) < 4.78 is 27.6. The number of rotatable bonds is 4. The average Bonchev–Trinajstić information content (AvgIpc) is 2.80. The van der Waals surface area contributed by atoms with E-state index in [1.807, 2.05) is 0 Å². The van der Waals surface area contributed by atoms with Crippen LogP contribution in [0.3, 0.4) is 0 Å². The smallest absolute Gasteiger partial charge is 0.258 e. The second-order valence-corrected chi connectivity index (χ2v) is 7.49. The number of sulfonamides is 1. The largest absolute Gasteiger partial charge is 0.326 e. The quantitative estimate of drug-likeness (QED) is 0.772. The summed E-state index contributed by atoms with van der Waals surface area (Å²) in [5.74, 6) is 0. The third kappa shape index (κ3) is 2.98. The van der Waals surface area contributed by atoms with Crippen LogP contribution in [0.25, 0.3) is 0 Å². The Labute approximate surface area is 114 Å². The molecule has 1 aromatic rings. The number of aromatic amines is 1. The molecule has 0 bridgehead atoms. The molecule has 1 aliphatic carbocycles. The maximum absolute atomic E-state index is 12.4. The minimum absolute atomic E-state index is 0.0196. The SMILES string of the molecule is CC1(C)CCCCC1NS(=O)(=O)c1[nH]ncc1CN. The molecule has 7 heteroatoms. The fraction of sp³-hybridized carbons (Fsp3) is 0.750. The molecule has 0 radical (unpaired) electrons. The Bertz CT molecular complexity index is 536. The van der Waals surface area contributed by atoms with Gasteiger partial charge in [-0.25, -0.2) is 13.1 Å². The topological polar surface area (TPSA) is 101 Å². The molecule has 1 fully saturated rings. The molecule has 19 heavy (non-hydrogen) atoms. The summed E-state index contributed by atoms with van der Waals surface area (Å²) in [5.41, 5.74) is 6.02. The number of aromatic nitrogens is 2. The van der Waals surface area contributed by atoms with Crippen LogP contribution in [0.2, 0.25) is 0 Å². The molecule has 1 aromatic heterocycles. The van der Waals surface area contributed by atoms with E-state index in [1.54, 1.807) is 0 Å². The first-order valence-electron chi connectivity index (χ1n) is 6.61. The van der Waals surface area contributed by atoms with Gasteiger partial charge in [-0.1, -0.05) is 26.7 Å². The van der Waals surface area contributed by atoms with Crippen LogP contribution in [-0.2, 0) is 16.6 Å². The Kier molecular flexibility index (Phi) is 3.98. The van der Waals surface area contributed by atoms with E-state index in [0.29, 0.717) is 5.56 Å². The Morgan fingerprint density at radius 2 is 2.26 bits per heavy atom. The highest BCUT2D eigenvalue weighted by atomic mass is 32.2. The summed E-state index contributed by atoms with van der Waals surface area (Å²) >= 11 is 0. The second kappa shape index (κ2) is 5.22. The molecule has 2 rings (SSSR count). The van der Waals surface area contributed by atoms with Crippen molar-refractivity contribution in [1.29, 1.82) is 0 Å². The Balaban J connectivity index is 2.22. The first-order valence-corrected chi connectivity index (χ1v) is 8.10. The van der Waals surface area contributed by atoms with Gasteiger partial charge in [-0.15, -0.1) is 0 Å². The fourth-order valence-corrected chi connectivity index (χ4v) is 4.22. The molecular formula is C12H22N4O2S. The van der Waals surface area contributed by atoms with Crippen molar-refractivity contribution >= 4 is 10.0 Å². The van der Waals surface area contributed by atoms with E-state index in [-0.39, 0.29) is 23.0 Å². The minimum Gasteiger partial charge on any atom is -0.326 e. The van der Waals surface area contributed by atoms with E-state index >= 15 is 0 Å². The summed E-state index contributed by atoms with van der Waals surface area (Å²) in [7, 11) is -3.58. The predicted octanol–water partition coefficient (Wildman–Crippen LogP) is 1.12.